The number of nitrogens with one attached hydrogen (secondary N) is 1. The molecule has 7 heteroatoms. The third-order valence-corrected chi connectivity index (χ3v) is 7.24. The largest absolute Gasteiger partial charge is 0.497 e. The number of ether oxygens (including phenoxy) is 1. The number of hydrogen-bond donors (Lipinski definition) is 1. The monoisotopic (exact) mass is 435 g/mol. The van der Waals surface area contributed by atoms with Gasteiger partial charge in [0.2, 0.25) is 5.91 Å². The van der Waals surface area contributed by atoms with Crippen molar-refractivity contribution in [1.29, 1.82) is 0 Å². The molecule has 2 saturated heterocycles. The molecular formula is C25H33N5O2. The molecular weight excluding hydrogens is 402 g/mol. The number of amides is 1. The maximum atomic E-state index is 12.9. The fourth-order valence-electron chi connectivity index (χ4n) is 5.38. The molecule has 2 fully saturated rings. The van der Waals surface area contributed by atoms with Crippen LogP contribution in [-0.2, 0) is 17.8 Å². The van der Waals surface area contributed by atoms with Gasteiger partial charge in [-0.3, -0.25) is 14.6 Å². The summed E-state index contributed by atoms with van der Waals surface area (Å²) in [7, 11) is 1.66. The van der Waals surface area contributed by atoms with Crippen molar-refractivity contribution in [1.82, 2.24) is 20.2 Å². The number of aryl methyl sites for hydroxylation is 1. The van der Waals surface area contributed by atoms with Crippen LogP contribution in [0.2, 0.25) is 0 Å². The van der Waals surface area contributed by atoms with Gasteiger partial charge in [-0.25, -0.2) is 9.97 Å². The number of anilines is 1. The first-order valence-corrected chi connectivity index (χ1v) is 11.9. The quantitative estimate of drug-likeness (QED) is 0.779. The van der Waals surface area contributed by atoms with E-state index < -0.39 is 0 Å². The summed E-state index contributed by atoms with van der Waals surface area (Å²) in [6, 6.07) is 8.56. The molecule has 0 aliphatic carbocycles. The summed E-state index contributed by atoms with van der Waals surface area (Å²) in [6.45, 7) is 6.98. The molecule has 1 aromatic heterocycles. The number of rotatable bonds is 5. The zero-order chi connectivity index (χ0) is 22.1. The molecule has 0 bridgehead atoms. The number of benzene rings is 1. The third-order valence-electron chi connectivity index (χ3n) is 7.24. The molecule has 4 heterocycles. The van der Waals surface area contributed by atoms with Crippen molar-refractivity contribution in [3.05, 3.63) is 46.9 Å². The summed E-state index contributed by atoms with van der Waals surface area (Å²) in [4.78, 5) is 27.3. The van der Waals surface area contributed by atoms with Crippen LogP contribution in [0.5, 0.6) is 5.75 Å². The Labute approximate surface area is 190 Å². The van der Waals surface area contributed by atoms with E-state index in [9.17, 15) is 4.79 Å². The van der Waals surface area contributed by atoms with Crippen molar-refractivity contribution in [2.24, 2.45) is 0 Å². The average Bonchev–Trinajstić information content (AvgIpc) is 3.16. The van der Waals surface area contributed by atoms with Gasteiger partial charge in [0, 0.05) is 29.8 Å². The second kappa shape index (κ2) is 9.16. The van der Waals surface area contributed by atoms with Crippen LogP contribution >= 0.6 is 0 Å². The Balaban J connectivity index is 1.37. The van der Waals surface area contributed by atoms with Crippen LogP contribution in [0.1, 0.15) is 54.2 Å². The van der Waals surface area contributed by atoms with E-state index in [-0.39, 0.29) is 5.91 Å². The highest BCUT2D eigenvalue weighted by molar-refractivity contribution is 6.00. The van der Waals surface area contributed by atoms with E-state index in [2.05, 4.69) is 10.2 Å². The number of nitrogens with zero attached hydrogens (tertiary/aromatic N) is 4. The van der Waals surface area contributed by atoms with Gasteiger partial charge in [-0.1, -0.05) is 12.1 Å². The normalized spacial score (nSPS) is 22.2. The van der Waals surface area contributed by atoms with Crippen molar-refractivity contribution in [2.75, 3.05) is 38.2 Å². The molecule has 1 aromatic carbocycles. The van der Waals surface area contributed by atoms with Crippen LogP contribution in [0.3, 0.4) is 0 Å². The molecule has 0 radical (unpaired) electrons. The summed E-state index contributed by atoms with van der Waals surface area (Å²) in [5, 5.41) is 3.47. The third kappa shape index (κ3) is 4.24. The second-order valence-corrected chi connectivity index (χ2v) is 9.29. The molecule has 0 unspecified atom stereocenters. The van der Waals surface area contributed by atoms with E-state index in [1.165, 1.54) is 25.8 Å². The minimum atomic E-state index is 0.102. The minimum Gasteiger partial charge on any atom is -0.497 e. The van der Waals surface area contributed by atoms with Crippen LogP contribution in [0.4, 0.5) is 5.82 Å². The zero-order valence-corrected chi connectivity index (χ0v) is 19.1. The Bertz CT molecular complexity index is 971. The summed E-state index contributed by atoms with van der Waals surface area (Å²) in [5.41, 5.74) is 3.01. The molecule has 2 aromatic rings. The standard InChI is InChI=1S/C25H33N5O2/c1-17-22-14-23(31)30(15-18-5-7-21(32-2)8-6-18)25(22)28-24(27-17)19-4-3-13-29(16-19)20-9-11-26-12-10-20/h5-8,19-20,26H,3-4,9-16H2,1-2H3/t19-/m1/s1. The van der Waals surface area contributed by atoms with E-state index in [1.54, 1.807) is 7.11 Å². The molecule has 3 aliphatic heterocycles. The van der Waals surface area contributed by atoms with E-state index >= 15 is 0 Å². The maximum Gasteiger partial charge on any atom is 0.233 e. The van der Waals surface area contributed by atoms with E-state index in [0.717, 1.165) is 60.3 Å². The van der Waals surface area contributed by atoms with Crippen molar-refractivity contribution in [3.63, 3.8) is 0 Å². The summed E-state index contributed by atoms with van der Waals surface area (Å²) >= 11 is 0. The second-order valence-electron chi connectivity index (χ2n) is 9.29. The number of likely N-dealkylation sites (tertiary alicyclic amines) is 1. The van der Waals surface area contributed by atoms with E-state index in [1.807, 2.05) is 36.1 Å². The molecule has 170 valence electrons. The lowest BCUT2D eigenvalue weighted by molar-refractivity contribution is -0.117. The van der Waals surface area contributed by atoms with Crippen molar-refractivity contribution >= 4 is 11.7 Å². The Morgan fingerprint density at radius 2 is 1.91 bits per heavy atom. The Kier molecular flexibility index (Phi) is 6.11. The topological polar surface area (TPSA) is 70.6 Å². The van der Waals surface area contributed by atoms with E-state index in [0.29, 0.717) is 24.9 Å². The van der Waals surface area contributed by atoms with Gasteiger partial charge in [0.1, 0.15) is 17.4 Å². The lowest BCUT2D eigenvalue weighted by Crippen LogP contribution is -2.47. The van der Waals surface area contributed by atoms with Gasteiger partial charge in [-0.15, -0.1) is 0 Å². The molecule has 1 amide bonds. The van der Waals surface area contributed by atoms with Gasteiger partial charge in [-0.2, -0.15) is 0 Å². The van der Waals surface area contributed by atoms with Crippen LogP contribution in [0.15, 0.2) is 24.3 Å². The summed E-state index contributed by atoms with van der Waals surface area (Å²) < 4.78 is 5.26. The SMILES string of the molecule is COc1ccc(CN2C(=O)Cc3c(C)nc([C@@H]4CCCN(C5CCNCC5)C4)nc32)cc1. The fourth-order valence-corrected chi connectivity index (χ4v) is 5.38. The van der Waals surface area contributed by atoms with Gasteiger partial charge in [0.25, 0.3) is 0 Å². The fraction of sp³-hybridized carbons (Fsp3) is 0.560. The van der Waals surface area contributed by atoms with Crippen molar-refractivity contribution < 1.29 is 9.53 Å². The van der Waals surface area contributed by atoms with Crippen molar-refractivity contribution in [2.45, 2.75) is 57.5 Å². The number of methoxy groups -OCH3 is 1. The average molecular weight is 436 g/mol. The molecule has 7 nitrogen and oxygen atoms in total. The molecule has 1 N–H and O–H groups in total. The van der Waals surface area contributed by atoms with Gasteiger partial charge < -0.3 is 10.1 Å². The summed E-state index contributed by atoms with van der Waals surface area (Å²) in [5.74, 6) is 2.98. The number of hydrogen-bond acceptors (Lipinski definition) is 6. The van der Waals surface area contributed by atoms with E-state index in [4.69, 9.17) is 14.7 Å². The maximum absolute atomic E-state index is 12.9. The molecule has 0 spiro atoms. The van der Waals surface area contributed by atoms with Crippen LogP contribution in [-0.4, -0.2) is 60.1 Å². The van der Waals surface area contributed by atoms with Gasteiger partial charge in [0.15, 0.2) is 0 Å². The first-order valence-electron chi connectivity index (χ1n) is 11.9. The van der Waals surface area contributed by atoms with Gasteiger partial charge in [-0.05, 0) is 69.9 Å². The molecule has 32 heavy (non-hydrogen) atoms. The number of fused-ring (bicyclic) bond motifs is 1. The summed E-state index contributed by atoms with van der Waals surface area (Å²) in [6.07, 6.45) is 5.14. The van der Waals surface area contributed by atoms with Crippen molar-refractivity contribution in [3.8, 4) is 5.75 Å². The highest BCUT2D eigenvalue weighted by Gasteiger charge is 2.34. The number of carbonyl (C=O) groups is 1. The zero-order valence-electron chi connectivity index (χ0n) is 19.1. The molecule has 3 aliphatic rings. The van der Waals surface area contributed by atoms with Crippen LogP contribution in [0.25, 0.3) is 0 Å². The highest BCUT2D eigenvalue weighted by atomic mass is 16.5. The van der Waals surface area contributed by atoms with Crippen LogP contribution in [0, 0.1) is 6.92 Å². The number of piperidine rings is 2. The molecule has 5 rings (SSSR count). The molecule has 0 saturated carbocycles. The highest BCUT2D eigenvalue weighted by Crippen LogP contribution is 2.34. The lowest BCUT2D eigenvalue weighted by atomic mass is 9.93. The first kappa shape index (κ1) is 21.3. The Morgan fingerprint density at radius 1 is 1.12 bits per heavy atom. The molecule has 1 atom stereocenters. The Hall–Kier alpha value is -2.51. The number of aromatic nitrogens is 2. The predicted molar refractivity (Wildman–Crippen MR) is 124 cm³/mol. The minimum absolute atomic E-state index is 0.102. The lowest BCUT2D eigenvalue weighted by Gasteiger charge is -2.39. The Morgan fingerprint density at radius 3 is 2.66 bits per heavy atom. The van der Waals surface area contributed by atoms with Gasteiger partial charge >= 0.3 is 0 Å². The number of carbonyl (C=O) groups excluding carboxylic acids is 1. The van der Waals surface area contributed by atoms with Crippen LogP contribution < -0.4 is 15.0 Å². The van der Waals surface area contributed by atoms with Gasteiger partial charge in [0.05, 0.1) is 20.1 Å². The predicted octanol–water partition coefficient (Wildman–Crippen LogP) is 2.81. The first-order chi connectivity index (χ1) is 15.6. The smallest absolute Gasteiger partial charge is 0.233 e.